The van der Waals surface area contributed by atoms with E-state index in [1.165, 1.54) is 5.57 Å². The lowest BCUT2D eigenvalue weighted by molar-refractivity contribution is -0.141. The van der Waals surface area contributed by atoms with E-state index >= 15 is 0 Å². The summed E-state index contributed by atoms with van der Waals surface area (Å²) in [5, 5.41) is 0. The lowest BCUT2D eigenvalue weighted by atomic mass is 9.63. The molecule has 0 amide bonds. The third kappa shape index (κ3) is 2.10. The van der Waals surface area contributed by atoms with Gasteiger partial charge in [0.1, 0.15) is 17.6 Å². The lowest BCUT2D eigenvalue weighted by Crippen LogP contribution is -2.40. The first-order valence-corrected chi connectivity index (χ1v) is 9.26. The molecule has 134 valence electrons. The lowest BCUT2D eigenvalue weighted by Gasteiger charge is -2.40. The number of allylic oxidation sites excluding steroid dienone is 4. The molecule has 0 aromatic heterocycles. The molecule has 2 heterocycles. The highest BCUT2D eigenvalue weighted by atomic mass is 16.7. The summed E-state index contributed by atoms with van der Waals surface area (Å²) in [6.45, 7) is 11.8. The fourth-order valence-corrected chi connectivity index (χ4v) is 5.22. The molecule has 1 saturated carbocycles. The van der Waals surface area contributed by atoms with Crippen LogP contribution in [0.3, 0.4) is 0 Å². The smallest absolute Gasteiger partial charge is 0.200 e. The number of fused-ring (bicyclic) bond motifs is 2. The van der Waals surface area contributed by atoms with Gasteiger partial charge in [-0.15, -0.1) is 0 Å². The minimum Gasteiger partial charge on any atom is -0.469 e. The molecule has 4 aliphatic rings. The van der Waals surface area contributed by atoms with Gasteiger partial charge in [0.2, 0.25) is 6.29 Å². The Balaban J connectivity index is 2.06. The van der Waals surface area contributed by atoms with Crippen molar-refractivity contribution in [2.24, 2.45) is 23.7 Å². The van der Waals surface area contributed by atoms with Crippen LogP contribution in [0.5, 0.6) is 0 Å². The molecule has 4 heteroatoms. The van der Waals surface area contributed by atoms with Crippen molar-refractivity contribution in [3.63, 3.8) is 0 Å². The summed E-state index contributed by atoms with van der Waals surface area (Å²) < 4.78 is 12.5. The van der Waals surface area contributed by atoms with Gasteiger partial charge in [0.25, 0.3) is 0 Å². The maximum absolute atomic E-state index is 12.8. The van der Waals surface area contributed by atoms with Gasteiger partial charge in [-0.25, -0.2) is 0 Å². The van der Waals surface area contributed by atoms with E-state index in [0.717, 1.165) is 28.1 Å². The van der Waals surface area contributed by atoms with Crippen molar-refractivity contribution in [1.82, 2.24) is 0 Å². The fraction of sp³-hybridized carbons (Fsp3) is 0.619. The topological polar surface area (TPSA) is 52.6 Å². The predicted octanol–water partition coefficient (Wildman–Crippen LogP) is 3.73. The number of Topliss-reactive ketones (excluding diaryl/α,β-unsaturated/α-hetero) is 2. The average Bonchev–Trinajstić information content (AvgIpc) is 2.80. The van der Waals surface area contributed by atoms with Gasteiger partial charge >= 0.3 is 0 Å². The molecule has 6 atom stereocenters. The Morgan fingerprint density at radius 1 is 0.960 bits per heavy atom. The minimum absolute atomic E-state index is 0.0719. The molecule has 4 nitrogen and oxygen atoms in total. The second-order valence-corrected chi connectivity index (χ2v) is 8.05. The molecule has 25 heavy (non-hydrogen) atoms. The normalized spacial score (nSPS) is 40.9. The van der Waals surface area contributed by atoms with Gasteiger partial charge < -0.3 is 9.47 Å². The summed E-state index contributed by atoms with van der Waals surface area (Å²) in [5.41, 5.74) is 5.04. The molecular weight excluding hydrogens is 316 g/mol. The SMILES string of the molecule is CC1=C2C3=C4C(C)C(=O)C(C)=C(C)C4OC(CC3C(C)C(=O)C2C)O1. The number of carbonyl (C=O) groups excluding carboxylic acids is 2. The third-order valence-electron chi connectivity index (χ3n) is 6.80. The van der Waals surface area contributed by atoms with E-state index in [1.54, 1.807) is 0 Å². The average molecular weight is 342 g/mol. The van der Waals surface area contributed by atoms with Gasteiger partial charge in [-0.3, -0.25) is 9.59 Å². The van der Waals surface area contributed by atoms with E-state index in [-0.39, 0.29) is 47.6 Å². The first-order valence-electron chi connectivity index (χ1n) is 9.26. The van der Waals surface area contributed by atoms with Crippen molar-refractivity contribution < 1.29 is 19.1 Å². The zero-order valence-corrected chi connectivity index (χ0v) is 15.8. The van der Waals surface area contributed by atoms with Gasteiger partial charge in [-0.1, -0.05) is 20.8 Å². The summed E-state index contributed by atoms with van der Waals surface area (Å²) in [6.07, 6.45) is 0.0837. The molecule has 6 unspecified atom stereocenters. The van der Waals surface area contributed by atoms with E-state index in [9.17, 15) is 9.59 Å². The van der Waals surface area contributed by atoms with Crippen LogP contribution in [-0.4, -0.2) is 24.0 Å². The summed E-state index contributed by atoms with van der Waals surface area (Å²) in [7, 11) is 0. The maximum Gasteiger partial charge on any atom is 0.200 e. The highest BCUT2D eigenvalue weighted by Crippen LogP contribution is 2.53. The Morgan fingerprint density at radius 2 is 1.64 bits per heavy atom. The first-order chi connectivity index (χ1) is 11.7. The van der Waals surface area contributed by atoms with Gasteiger partial charge in [-0.05, 0) is 49.0 Å². The molecular formula is C21H26O4. The number of hydrogen-bond acceptors (Lipinski definition) is 4. The summed E-state index contributed by atoms with van der Waals surface area (Å²) in [6, 6.07) is 0. The Labute approximate surface area is 148 Å². The van der Waals surface area contributed by atoms with Crippen LogP contribution in [0.25, 0.3) is 0 Å². The van der Waals surface area contributed by atoms with E-state index in [1.807, 2.05) is 41.5 Å². The number of hydrogen-bond donors (Lipinski definition) is 0. The summed E-state index contributed by atoms with van der Waals surface area (Å²) in [5.74, 6) is 0.819. The van der Waals surface area contributed by atoms with Crippen LogP contribution in [0.15, 0.2) is 33.6 Å². The van der Waals surface area contributed by atoms with Crippen molar-refractivity contribution in [3.05, 3.63) is 33.6 Å². The quantitative estimate of drug-likeness (QED) is 0.673. The molecule has 2 aliphatic carbocycles. The van der Waals surface area contributed by atoms with E-state index < -0.39 is 0 Å². The van der Waals surface area contributed by atoms with Gasteiger partial charge in [-0.2, -0.15) is 0 Å². The highest BCUT2D eigenvalue weighted by molar-refractivity contribution is 6.01. The molecule has 4 bridgehead atoms. The predicted molar refractivity (Wildman–Crippen MR) is 93.5 cm³/mol. The number of ketones is 2. The van der Waals surface area contributed by atoms with Crippen LogP contribution < -0.4 is 0 Å². The van der Waals surface area contributed by atoms with Crippen molar-refractivity contribution in [1.29, 1.82) is 0 Å². The zero-order valence-electron chi connectivity index (χ0n) is 15.8. The Morgan fingerprint density at radius 3 is 2.32 bits per heavy atom. The molecule has 0 aromatic carbocycles. The van der Waals surface area contributed by atoms with Crippen LogP contribution >= 0.6 is 0 Å². The molecule has 4 rings (SSSR count). The molecule has 1 fully saturated rings. The molecule has 0 N–H and O–H groups in total. The fourth-order valence-electron chi connectivity index (χ4n) is 5.22. The van der Waals surface area contributed by atoms with Gasteiger partial charge in [0, 0.05) is 29.7 Å². The second kappa shape index (κ2) is 5.41. The Kier molecular flexibility index (Phi) is 3.63. The Bertz CT molecular complexity index is 782. The van der Waals surface area contributed by atoms with Crippen LogP contribution in [0.4, 0.5) is 0 Å². The summed E-state index contributed by atoms with van der Waals surface area (Å²) in [4.78, 5) is 25.6. The van der Waals surface area contributed by atoms with E-state index in [4.69, 9.17) is 9.47 Å². The van der Waals surface area contributed by atoms with Crippen molar-refractivity contribution in [2.75, 3.05) is 0 Å². The Hall–Kier alpha value is -1.68. The van der Waals surface area contributed by atoms with Crippen LogP contribution in [-0.2, 0) is 19.1 Å². The molecule has 0 saturated heterocycles. The standard InChI is InChI=1S/C21H26O4/c1-8-9(2)21-17(12(5)19(8)22)18-14-7-15(25-21)24-13(6)16(18)11(4)20(23)10(14)3/h10-12,14-15,21H,7H2,1-6H3. The second-order valence-electron chi connectivity index (χ2n) is 8.05. The van der Waals surface area contributed by atoms with E-state index in [0.29, 0.717) is 6.42 Å². The van der Waals surface area contributed by atoms with Gasteiger partial charge in [0.05, 0.1) is 0 Å². The minimum atomic E-state index is -0.372. The van der Waals surface area contributed by atoms with Gasteiger partial charge in [0.15, 0.2) is 5.78 Å². The number of carbonyl (C=O) groups is 2. The molecule has 0 radical (unpaired) electrons. The van der Waals surface area contributed by atoms with Crippen LogP contribution in [0, 0.1) is 23.7 Å². The van der Waals surface area contributed by atoms with Crippen molar-refractivity contribution in [3.8, 4) is 0 Å². The third-order valence-corrected chi connectivity index (χ3v) is 6.80. The summed E-state index contributed by atoms with van der Waals surface area (Å²) >= 11 is 0. The number of ether oxygens (including phenoxy) is 2. The highest BCUT2D eigenvalue weighted by Gasteiger charge is 2.51. The largest absolute Gasteiger partial charge is 0.469 e. The van der Waals surface area contributed by atoms with E-state index in [2.05, 4.69) is 0 Å². The molecule has 2 aliphatic heterocycles. The maximum atomic E-state index is 12.8. The van der Waals surface area contributed by atoms with Crippen molar-refractivity contribution in [2.45, 2.75) is 60.4 Å². The van der Waals surface area contributed by atoms with Crippen LogP contribution in [0.1, 0.15) is 48.0 Å². The molecule has 0 aromatic rings. The number of rotatable bonds is 0. The molecule has 0 spiro atoms. The zero-order chi connectivity index (χ0) is 18.2. The monoisotopic (exact) mass is 342 g/mol. The first kappa shape index (κ1) is 16.8. The van der Waals surface area contributed by atoms with Crippen molar-refractivity contribution >= 4 is 11.6 Å². The van der Waals surface area contributed by atoms with Crippen LogP contribution in [0.2, 0.25) is 0 Å².